The fraction of sp³-hybridized carbons (Fsp3) is 0.526. The topological polar surface area (TPSA) is 101 Å². The lowest BCUT2D eigenvalue weighted by Crippen LogP contribution is -2.42. The number of nitrogens with two attached hydrogens (primary N) is 1. The summed E-state index contributed by atoms with van der Waals surface area (Å²) in [6, 6.07) is 3.79. The van der Waals surface area contributed by atoms with Crippen LogP contribution in [0.15, 0.2) is 21.9 Å². The third-order valence-corrected chi connectivity index (χ3v) is 5.63. The van der Waals surface area contributed by atoms with E-state index in [-0.39, 0.29) is 24.2 Å². The molecule has 0 bridgehead atoms. The number of aryl methyl sites for hydroxylation is 1. The molecule has 1 unspecified atom stereocenters. The molecule has 0 saturated carbocycles. The highest BCUT2D eigenvalue weighted by atomic mass is 32.1. The van der Waals surface area contributed by atoms with Gasteiger partial charge >= 0.3 is 0 Å². The van der Waals surface area contributed by atoms with Gasteiger partial charge in [-0.15, -0.1) is 11.3 Å². The molecule has 1 atom stereocenters. The molecule has 2 amide bonds. The Kier molecular flexibility index (Phi) is 6.63. The quantitative estimate of drug-likeness (QED) is 0.671. The van der Waals surface area contributed by atoms with Crippen LogP contribution in [0.25, 0.3) is 10.8 Å². The van der Waals surface area contributed by atoms with Gasteiger partial charge in [0.05, 0.1) is 18.0 Å². The number of primary amides is 1. The molecule has 27 heavy (non-hydrogen) atoms. The lowest BCUT2D eigenvalue weighted by atomic mass is 9.97. The molecule has 3 heterocycles. The number of aromatic nitrogens is 1. The first kappa shape index (κ1) is 19.6. The molecule has 3 rings (SSSR count). The minimum absolute atomic E-state index is 0.0314. The zero-order chi connectivity index (χ0) is 19.2. The van der Waals surface area contributed by atoms with E-state index in [4.69, 9.17) is 10.2 Å². The number of nitrogens with zero attached hydrogens (tertiary/aromatic N) is 2. The largest absolute Gasteiger partial charge is 0.459 e. The number of nitrogens with one attached hydrogen (secondary N) is 1. The zero-order valence-electron chi connectivity index (χ0n) is 15.6. The Hall–Kier alpha value is -2.19. The second-order valence-corrected chi connectivity index (χ2v) is 7.83. The molecule has 1 aliphatic rings. The molecule has 3 N–H and O–H groups in total. The average Bonchev–Trinajstić information content (AvgIpc) is 3.28. The fourth-order valence-electron chi connectivity index (χ4n) is 3.30. The smallest absolute Gasteiger partial charge is 0.226 e. The second kappa shape index (κ2) is 9.14. The van der Waals surface area contributed by atoms with Crippen LogP contribution in [0.3, 0.4) is 0 Å². The summed E-state index contributed by atoms with van der Waals surface area (Å²) in [5.41, 5.74) is 6.16. The number of rotatable bonds is 8. The summed E-state index contributed by atoms with van der Waals surface area (Å²) in [5.74, 6) is 1.30. The van der Waals surface area contributed by atoms with Gasteiger partial charge < -0.3 is 20.4 Å². The lowest BCUT2D eigenvalue weighted by Gasteiger charge is -2.31. The normalized spacial score (nSPS) is 17.7. The van der Waals surface area contributed by atoms with E-state index in [1.54, 1.807) is 0 Å². The summed E-state index contributed by atoms with van der Waals surface area (Å²) in [4.78, 5) is 30.1. The van der Waals surface area contributed by atoms with Crippen molar-refractivity contribution in [2.75, 3.05) is 26.2 Å². The average molecular weight is 391 g/mol. The van der Waals surface area contributed by atoms with Gasteiger partial charge in [0, 0.05) is 18.5 Å². The van der Waals surface area contributed by atoms with Crippen molar-refractivity contribution in [2.45, 2.75) is 32.6 Å². The van der Waals surface area contributed by atoms with Crippen LogP contribution in [0.5, 0.6) is 0 Å². The highest BCUT2D eigenvalue weighted by Crippen LogP contribution is 2.25. The van der Waals surface area contributed by atoms with E-state index in [9.17, 15) is 9.59 Å². The minimum Gasteiger partial charge on any atom is -0.459 e. The van der Waals surface area contributed by atoms with Crippen molar-refractivity contribution in [1.29, 1.82) is 0 Å². The van der Waals surface area contributed by atoms with Crippen LogP contribution >= 0.6 is 11.3 Å². The van der Waals surface area contributed by atoms with Gasteiger partial charge in [-0.05, 0) is 51.4 Å². The molecule has 2 aromatic rings. The molecule has 0 aromatic carbocycles. The Morgan fingerprint density at radius 3 is 3.04 bits per heavy atom. The highest BCUT2D eigenvalue weighted by Gasteiger charge is 2.23. The number of amides is 2. The number of likely N-dealkylation sites (tertiary alicyclic amines) is 1. The van der Waals surface area contributed by atoms with Crippen molar-refractivity contribution in [3.05, 3.63) is 29.0 Å². The molecule has 0 radical (unpaired) electrons. The van der Waals surface area contributed by atoms with E-state index in [0.717, 1.165) is 61.1 Å². The summed E-state index contributed by atoms with van der Waals surface area (Å²) in [6.45, 7) is 5.10. The molecule has 1 saturated heterocycles. The standard InChI is InChI=1S/C19H26N4O3S/c1-13-5-6-16(26-13)19-22-15(12-27-19)10-17(24)21-7-3-9-23-8-2-4-14(11-23)18(20)25/h5-6,12,14H,2-4,7-11H2,1H3,(H2,20,25)(H,21,24). The molecule has 7 nitrogen and oxygen atoms in total. The number of piperidine rings is 1. The van der Waals surface area contributed by atoms with Crippen molar-refractivity contribution in [1.82, 2.24) is 15.2 Å². The number of hydrogen-bond donors (Lipinski definition) is 2. The third-order valence-electron chi connectivity index (χ3n) is 4.73. The van der Waals surface area contributed by atoms with E-state index < -0.39 is 0 Å². The molecule has 8 heteroatoms. The molecule has 0 aliphatic carbocycles. The van der Waals surface area contributed by atoms with Crippen LogP contribution in [0.2, 0.25) is 0 Å². The molecular formula is C19H26N4O3S. The summed E-state index contributed by atoms with van der Waals surface area (Å²) < 4.78 is 5.56. The maximum atomic E-state index is 12.1. The van der Waals surface area contributed by atoms with E-state index in [1.165, 1.54) is 11.3 Å². The first-order valence-electron chi connectivity index (χ1n) is 9.31. The first-order chi connectivity index (χ1) is 13.0. The molecule has 146 valence electrons. The fourth-order valence-corrected chi connectivity index (χ4v) is 4.08. The van der Waals surface area contributed by atoms with Crippen LogP contribution in [0.1, 0.15) is 30.7 Å². The molecule has 1 fully saturated rings. The Balaban J connectivity index is 1.36. The summed E-state index contributed by atoms with van der Waals surface area (Å²) in [5, 5.41) is 5.63. The van der Waals surface area contributed by atoms with Crippen molar-refractivity contribution in [3.8, 4) is 10.8 Å². The van der Waals surface area contributed by atoms with Crippen LogP contribution in [0.4, 0.5) is 0 Å². The van der Waals surface area contributed by atoms with E-state index in [0.29, 0.717) is 6.54 Å². The first-order valence-corrected chi connectivity index (χ1v) is 10.2. The zero-order valence-corrected chi connectivity index (χ0v) is 16.4. The van der Waals surface area contributed by atoms with Gasteiger partial charge in [0.2, 0.25) is 11.8 Å². The SMILES string of the molecule is Cc1ccc(-c2nc(CC(=O)NCCCN3CCCC(C(N)=O)C3)cs2)o1. The van der Waals surface area contributed by atoms with E-state index >= 15 is 0 Å². The highest BCUT2D eigenvalue weighted by molar-refractivity contribution is 7.13. The number of thiazole rings is 1. The van der Waals surface area contributed by atoms with Crippen molar-refractivity contribution in [2.24, 2.45) is 11.7 Å². The van der Waals surface area contributed by atoms with Crippen LogP contribution in [-0.4, -0.2) is 47.9 Å². The summed E-state index contributed by atoms with van der Waals surface area (Å²) in [6.07, 6.45) is 3.01. The van der Waals surface area contributed by atoms with Crippen LogP contribution in [0, 0.1) is 12.8 Å². The monoisotopic (exact) mass is 390 g/mol. The van der Waals surface area contributed by atoms with Crippen molar-refractivity contribution >= 4 is 23.2 Å². The number of hydrogen-bond acceptors (Lipinski definition) is 6. The minimum atomic E-state index is -0.208. The Labute approximate surface area is 162 Å². The van der Waals surface area contributed by atoms with Gasteiger partial charge in [-0.1, -0.05) is 0 Å². The second-order valence-electron chi connectivity index (χ2n) is 6.98. The van der Waals surface area contributed by atoms with Crippen molar-refractivity contribution < 1.29 is 14.0 Å². The number of carbonyl (C=O) groups excluding carboxylic acids is 2. The summed E-state index contributed by atoms with van der Waals surface area (Å²) in [7, 11) is 0. The number of carbonyl (C=O) groups is 2. The molecule has 2 aromatic heterocycles. The third kappa shape index (κ3) is 5.64. The lowest BCUT2D eigenvalue weighted by molar-refractivity contribution is -0.123. The predicted octanol–water partition coefficient (Wildman–Crippen LogP) is 1.96. The summed E-state index contributed by atoms with van der Waals surface area (Å²) >= 11 is 1.48. The van der Waals surface area contributed by atoms with Crippen LogP contribution < -0.4 is 11.1 Å². The van der Waals surface area contributed by atoms with Gasteiger partial charge in [-0.25, -0.2) is 4.98 Å². The van der Waals surface area contributed by atoms with Crippen molar-refractivity contribution in [3.63, 3.8) is 0 Å². The predicted molar refractivity (Wildman–Crippen MR) is 104 cm³/mol. The maximum absolute atomic E-state index is 12.1. The van der Waals surface area contributed by atoms with E-state index in [1.807, 2.05) is 24.4 Å². The van der Waals surface area contributed by atoms with Gasteiger partial charge in [-0.3, -0.25) is 9.59 Å². The molecular weight excluding hydrogens is 364 g/mol. The Morgan fingerprint density at radius 2 is 2.30 bits per heavy atom. The van der Waals surface area contributed by atoms with Crippen LogP contribution in [-0.2, 0) is 16.0 Å². The van der Waals surface area contributed by atoms with Gasteiger partial charge in [0.25, 0.3) is 0 Å². The Bertz CT molecular complexity index is 786. The van der Waals surface area contributed by atoms with Gasteiger partial charge in [-0.2, -0.15) is 0 Å². The van der Waals surface area contributed by atoms with Gasteiger partial charge in [0.15, 0.2) is 10.8 Å². The van der Waals surface area contributed by atoms with E-state index in [2.05, 4.69) is 15.2 Å². The molecule has 1 aliphatic heterocycles. The Morgan fingerprint density at radius 1 is 1.44 bits per heavy atom. The van der Waals surface area contributed by atoms with Gasteiger partial charge in [0.1, 0.15) is 5.76 Å². The maximum Gasteiger partial charge on any atom is 0.226 e. The molecule has 0 spiro atoms. The number of furan rings is 1.